The maximum absolute atomic E-state index is 13.5. The zero-order valence-electron chi connectivity index (χ0n) is 18.2. The van der Waals surface area contributed by atoms with E-state index in [9.17, 15) is 9.59 Å². The largest absolute Gasteiger partial charge is 0.463 e. The van der Waals surface area contributed by atoms with Gasteiger partial charge >= 0.3 is 5.97 Å². The predicted molar refractivity (Wildman–Crippen MR) is 132 cm³/mol. The van der Waals surface area contributed by atoms with Crippen LogP contribution in [0.5, 0.6) is 0 Å². The predicted octanol–water partition coefficient (Wildman–Crippen LogP) is 4.12. The van der Waals surface area contributed by atoms with Crippen LogP contribution in [0.1, 0.15) is 56.5 Å². The first kappa shape index (κ1) is 22.7. The number of allylic oxidation sites excluding steroid dienone is 1. The van der Waals surface area contributed by atoms with Gasteiger partial charge in [0.2, 0.25) is 0 Å². The van der Waals surface area contributed by atoms with E-state index in [1.165, 1.54) is 16.9 Å². The van der Waals surface area contributed by atoms with Crippen LogP contribution in [-0.4, -0.2) is 17.1 Å². The molecule has 3 heterocycles. The number of rotatable bonds is 5. The van der Waals surface area contributed by atoms with E-state index >= 15 is 0 Å². The monoisotopic (exact) mass is 562 g/mol. The minimum atomic E-state index is -0.606. The van der Waals surface area contributed by atoms with E-state index in [4.69, 9.17) is 9.15 Å². The van der Waals surface area contributed by atoms with Gasteiger partial charge in [-0.3, -0.25) is 9.36 Å². The molecule has 0 spiro atoms. The van der Waals surface area contributed by atoms with Crippen molar-refractivity contribution in [3.8, 4) is 0 Å². The summed E-state index contributed by atoms with van der Waals surface area (Å²) in [5, 5.41) is 0. The number of nitrogens with zero attached hydrogens (tertiary/aromatic N) is 2. The van der Waals surface area contributed by atoms with Crippen LogP contribution in [0.25, 0.3) is 6.08 Å². The molecule has 1 aliphatic heterocycles. The zero-order valence-corrected chi connectivity index (χ0v) is 21.2. The van der Waals surface area contributed by atoms with Gasteiger partial charge in [0.1, 0.15) is 5.76 Å². The molecule has 0 N–H and O–H groups in total. The van der Waals surface area contributed by atoms with Crippen LogP contribution in [0, 0.1) is 3.77 Å². The molecule has 4 rings (SSSR count). The molecule has 32 heavy (non-hydrogen) atoms. The number of esters is 1. The van der Waals surface area contributed by atoms with E-state index in [0.717, 1.165) is 9.33 Å². The first-order valence-corrected chi connectivity index (χ1v) is 12.2. The SMILES string of the molecule is CCOC(=O)C1=C(C)N=c2sc(=Cc3ccc(I)o3)c(=O)n2[C@H]1c1ccc(C(C)C)cc1. The first-order valence-electron chi connectivity index (χ1n) is 10.3. The number of furan rings is 1. The van der Waals surface area contributed by atoms with E-state index in [2.05, 4.69) is 41.4 Å². The molecular weight excluding hydrogens is 539 g/mol. The van der Waals surface area contributed by atoms with Gasteiger partial charge in [0.05, 0.1) is 28.5 Å². The molecule has 0 fully saturated rings. The maximum Gasteiger partial charge on any atom is 0.338 e. The fourth-order valence-corrected chi connectivity index (χ4v) is 5.17. The van der Waals surface area contributed by atoms with Crippen LogP contribution in [-0.2, 0) is 9.53 Å². The summed E-state index contributed by atoms with van der Waals surface area (Å²) in [7, 11) is 0. The van der Waals surface area contributed by atoms with Crippen molar-refractivity contribution in [2.75, 3.05) is 6.61 Å². The highest BCUT2D eigenvalue weighted by molar-refractivity contribution is 14.1. The van der Waals surface area contributed by atoms with Gasteiger partial charge in [0, 0.05) is 6.08 Å². The van der Waals surface area contributed by atoms with Crippen molar-refractivity contribution >= 4 is 46.0 Å². The second-order valence-corrected chi connectivity index (χ2v) is 9.84. The molecule has 0 unspecified atom stereocenters. The minimum Gasteiger partial charge on any atom is -0.463 e. The number of halogens is 1. The number of carbonyl (C=O) groups excluding carboxylic acids is 1. The van der Waals surface area contributed by atoms with Crippen molar-refractivity contribution in [2.24, 2.45) is 4.99 Å². The van der Waals surface area contributed by atoms with Crippen molar-refractivity contribution in [2.45, 2.75) is 39.7 Å². The molecule has 0 bridgehead atoms. The molecule has 1 atom stereocenters. The molecule has 0 aliphatic carbocycles. The second kappa shape index (κ2) is 9.19. The number of benzene rings is 1. The summed E-state index contributed by atoms with van der Waals surface area (Å²) in [6.07, 6.45) is 1.72. The Morgan fingerprint density at radius 1 is 1.28 bits per heavy atom. The Bertz CT molecular complexity index is 1380. The number of hydrogen-bond acceptors (Lipinski definition) is 6. The highest BCUT2D eigenvalue weighted by Crippen LogP contribution is 2.31. The molecule has 0 saturated carbocycles. The van der Waals surface area contributed by atoms with Gasteiger partial charge in [-0.15, -0.1) is 0 Å². The van der Waals surface area contributed by atoms with E-state index in [1.807, 2.05) is 36.4 Å². The molecule has 0 radical (unpaired) electrons. The summed E-state index contributed by atoms with van der Waals surface area (Å²) >= 11 is 3.37. The summed E-state index contributed by atoms with van der Waals surface area (Å²) in [6, 6.07) is 11.1. The average molecular weight is 562 g/mol. The normalized spacial score (nSPS) is 16.3. The topological polar surface area (TPSA) is 73.8 Å². The maximum atomic E-state index is 13.5. The highest BCUT2D eigenvalue weighted by atomic mass is 127. The lowest BCUT2D eigenvalue weighted by Gasteiger charge is -2.25. The Morgan fingerprint density at radius 3 is 2.59 bits per heavy atom. The van der Waals surface area contributed by atoms with Gasteiger partial charge in [0.15, 0.2) is 8.57 Å². The van der Waals surface area contributed by atoms with Gasteiger partial charge < -0.3 is 9.15 Å². The van der Waals surface area contributed by atoms with Crippen molar-refractivity contribution in [1.82, 2.24) is 4.57 Å². The highest BCUT2D eigenvalue weighted by Gasteiger charge is 2.33. The molecule has 1 aromatic carbocycles. The van der Waals surface area contributed by atoms with Crippen LogP contribution >= 0.6 is 33.9 Å². The van der Waals surface area contributed by atoms with E-state index in [0.29, 0.717) is 32.3 Å². The van der Waals surface area contributed by atoms with Gasteiger partial charge in [-0.25, -0.2) is 9.79 Å². The summed E-state index contributed by atoms with van der Waals surface area (Å²) in [6.45, 7) is 8.05. The Balaban J connectivity index is 1.93. The van der Waals surface area contributed by atoms with Crippen molar-refractivity contribution in [3.63, 3.8) is 0 Å². The van der Waals surface area contributed by atoms with Gasteiger partial charge in [-0.05, 0) is 65.6 Å². The summed E-state index contributed by atoms with van der Waals surface area (Å²) in [5.74, 6) is 0.518. The molecule has 8 heteroatoms. The van der Waals surface area contributed by atoms with Crippen LogP contribution in [0.2, 0.25) is 0 Å². The molecule has 0 amide bonds. The number of aromatic nitrogens is 1. The number of thiazole rings is 1. The molecule has 3 aromatic rings. The summed E-state index contributed by atoms with van der Waals surface area (Å²) < 4.78 is 13.8. The molecule has 166 valence electrons. The Labute approximate surface area is 203 Å². The van der Waals surface area contributed by atoms with Gasteiger partial charge in [0.25, 0.3) is 5.56 Å². The van der Waals surface area contributed by atoms with E-state index < -0.39 is 12.0 Å². The van der Waals surface area contributed by atoms with Crippen LogP contribution in [0.4, 0.5) is 0 Å². The lowest BCUT2D eigenvalue weighted by molar-refractivity contribution is -0.139. The molecule has 0 saturated heterocycles. The smallest absolute Gasteiger partial charge is 0.338 e. The Morgan fingerprint density at radius 2 is 2.00 bits per heavy atom. The van der Waals surface area contributed by atoms with Crippen LogP contribution in [0.3, 0.4) is 0 Å². The molecule has 6 nitrogen and oxygen atoms in total. The Kier molecular flexibility index (Phi) is 6.52. The van der Waals surface area contributed by atoms with E-state index in [1.54, 1.807) is 24.5 Å². The van der Waals surface area contributed by atoms with Crippen molar-refractivity contribution in [3.05, 3.63) is 88.0 Å². The number of hydrogen-bond donors (Lipinski definition) is 0. The minimum absolute atomic E-state index is 0.215. The van der Waals surface area contributed by atoms with Crippen LogP contribution < -0.4 is 14.9 Å². The lowest BCUT2D eigenvalue weighted by Crippen LogP contribution is -2.39. The summed E-state index contributed by atoms with van der Waals surface area (Å²) in [5.41, 5.74) is 2.75. The number of carbonyl (C=O) groups is 1. The number of fused-ring (bicyclic) bond motifs is 1. The van der Waals surface area contributed by atoms with Gasteiger partial charge in [-0.2, -0.15) is 0 Å². The summed E-state index contributed by atoms with van der Waals surface area (Å²) in [4.78, 5) is 31.5. The zero-order chi connectivity index (χ0) is 23.0. The molecule has 2 aromatic heterocycles. The van der Waals surface area contributed by atoms with Crippen molar-refractivity contribution < 1.29 is 13.9 Å². The average Bonchev–Trinajstić information content (AvgIpc) is 3.30. The molecule has 1 aliphatic rings. The fraction of sp³-hybridized carbons (Fsp3) is 0.292. The Hall–Kier alpha value is -2.46. The fourth-order valence-electron chi connectivity index (χ4n) is 3.71. The third-order valence-corrected chi connectivity index (χ3v) is 6.87. The van der Waals surface area contributed by atoms with Gasteiger partial charge in [-0.1, -0.05) is 49.4 Å². The third-order valence-electron chi connectivity index (χ3n) is 5.30. The standard InChI is InChI=1S/C24H23IN2O4S/c1-5-30-23(29)20-14(4)26-24-27(21(20)16-8-6-15(7-9-16)13(2)3)22(28)18(32-24)12-17-10-11-19(25)31-17/h6-13,21H,5H2,1-4H3/t21-/m0/s1. The first-order chi connectivity index (χ1) is 15.3. The third kappa shape index (κ3) is 4.25. The van der Waals surface area contributed by atoms with E-state index in [-0.39, 0.29) is 12.2 Å². The molecular formula is C24H23IN2O4S. The quantitative estimate of drug-likeness (QED) is 0.347. The van der Waals surface area contributed by atoms with Crippen molar-refractivity contribution in [1.29, 1.82) is 0 Å². The second-order valence-electron chi connectivity index (χ2n) is 7.77. The van der Waals surface area contributed by atoms with Crippen LogP contribution in [0.15, 0.2) is 61.9 Å². The lowest BCUT2D eigenvalue weighted by atomic mass is 9.93. The number of ether oxygens (including phenoxy) is 1.